The first-order chi connectivity index (χ1) is 19.4. The molecule has 1 aliphatic rings. The molecule has 41 heavy (non-hydrogen) atoms. The molecule has 220 valence electrons. The Hall–Kier alpha value is -3.05. The number of hydrogen-bond donors (Lipinski definition) is 3. The molecule has 0 saturated carbocycles. The lowest BCUT2D eigenvalue weighted by atomic mass is 9.56. The Morgan fingerprint density at radius 2 is 1.90 bits per heavy atom. The number of aldehydes is 2. The molecule has 2 aromatic rings. The smallest absolute Gasteiger partial charge is 0.267 e. The Morgan fingerprint density at radius 3 is 2.49 bits per heavy atom. The summed E-state index contributed by atoms with van der Waals surface area (Å²) < 4.78 is 21.3. The number of halogens is 1. The second-order valence-corrected chi connectivity index (χ2v) is 11.3. The van der Waals surface area contributed by atoms with Crippen molar-refractivity contribution < 1.29 is 28.6 Å². The Morgan fingerprint density at radius 1 is 1.22 bits per heavy atom. The third kappa shape index (κ3) is 7.43. The van der Waals surface area contributed by atoms with Gasteiger partial charge < -0.3 is 30.2 Å². The van der Waals surface area contributed by atoms with E-state index in [2.05, 4.69) is 31.2 Å². The van der Waals surface area contributed by atoms with E-state index in [0.29, 0.717) is 35.0 Å². The van der Waals surface area contributed by atoms with E-state index in [1.807, 2.05) is 19.9 Å². The van der Waals surface area contributed by atoms with Crippen molar-refractivity contribution in [3.05, 3.63) is 64.5 Å². The van der Waals surface area contributed by atoms with E-state index in [1.165, 1.54) is 11.9 Å². The van der Waals surface area contributed by atoms with Gasteiger partial charge in [-0.1, -0.05) is 24.3 Å². The minimum Gasteiger partial charge on any atom is -0.381 e. The van der Waals surface area contributed by atoms with E-state index < -0.39 is 11.6 Å². The van der Waals surface area contributed by atoms with Crippen molar-refractivity contribution in [3.63, 3.8) is 0 Å². The minimum atomic E-state index is -1.96. The molecule has 9 nitrogen and oxygen atoms in total. The molecule has 0 aromatic heterocycles. The molecule has 3 unspecified atom stereocenters. The number of aliphatic hydroxyl groups is 1. The predicted octanol–water partition coefficient (Wildman–Crippen LogP) is 0.582. The number of benzene rings is 2. The second kappa shape index (κ2) is 13.7. The standard InChI is InChI=1S/C29H41B2FN4O5/c1-19-15-36(16-20(2)41-19)29(30,31)23-10-9-21(25(32)13-23)14-34-26-8-5-7-22(18-38)24(26)17-35(4)28(40,11-6-12-37)27(39)33-3/h5,7-10,12-13,18-20,34,40H,6,11,14-17,30-31H2,1-4H3,(H,33,39). The van der Waals surface area contributed by atoms with Crippen LogP contribution in [-0.2, 0) is 32.8 Å². The number of carbonyl (C=O) groups is 3. The van der Waals surface area contributed by atoms with Crippen LogP contribution in [0.3, 0.4) is 0 Å². The van der Waals surface area contributed by atoms with Crippen LogP contribution >= 0.6 is 0 Å². The molecular weight excluding hydrogens is 525 g/mol. The van der Waals surface area contributed by atoms with Gasteiger partial charge in [0.1, 0.15) is 34.1 Å². The fourth-order valence-electron chi connectivity index (χ4n) is 5.44. The summed E-state index contributed by atoms with van der Waals surface area (Å²) in [7, 11) is 7.12. The largest absolute Gasteiger partial charge is 0.381 e. The van der Waals surface area contributed by atoms with E-state index in [4.69, 9.17) is 4.74 Å². The number of ether oxygens (including phenoxy) is 1. The number of nitrogens with zero attached hydrogens (tertiary/aromatic N) is 2. The molecule has 3 N–H and O–H groups in total. The number of morpholine rings is 1. The van der Waals surface area contributed by atoms with E-state index in [1.54, 1.807) is 37.4 Å². The lowest BCUT2D eigenvalue weighted by Gasteiger charge is -2.46. The van der Waals surface area contributed by atoms with Crippen LogP contribution in [0, 0.1) is 5.82 Å². The van der Waals surface area contributed by atoms with Gasteiger partial charge >= 0.3 is 0 Å². The van der Waals surface area contributed by atoms with Crippen molar-refractivity contribution in [2.45, 2.75) is 63.0 Å². The Labute approximate surface area is 243 Å². The molecule has 0 spiro atoms. The lowest BCUT2D eigenvalue weighted by molar-refractivity contribution is -0.163. The van der Waals surface area contributed by atoms with Crippen LogP contribution in [0.4, 0.5) is 10.1 Å². The lowest BCUT2D eigenvalue weighted by Crippen LogP contribution is -2.56. The van der Waals surface area contributed by atoms with Gasteiger partial charge in [0.25, 0.3) is 5.91 Å². The molecule has 1 saturated heterocycles. The van der Waals surface area contributed by atoms with Gasteiger partial charge in [-0.2, -0.15) is 0 Å². The topological polar surface area (TPSA) is 111 Å². The Kier molecular flexibility index (Phi) is 10.9. The van der Waals surface area contributed by atoms with Crippen LogP contribution in [-0.4, -0.2) is 94.2 Å². The summed E-state index contributed by atoms with van der Waals surface area (Å²) >= 11 is 0. The summed E-state index contributed by atoms with van der Waals surface area (Å²) in [5, 5.41) is 16.4. The average molecular weight is 566 g/mol. The highest BCUT2D eigenvalue weighted by atomic mass is 19.1. The molecule has 3 rings (SSSR count). The molecule has 2 aromatic carbocycles. The van der Waals surface area contributed by atoms with Crippen LogP contribution in [0.2, 0.25) is 0 Å². The maximum atomic E-state index is 15.4. The van der Waals surface area contributed by atoms with Gasteiger partial charge in [0, 0.05) is 62.9 Å². The normalized spacial score (nSPS) is 19.4. The first-order valence-electron chi connectivity index (χ1n) is 14.0. The number of rotatable bonds is 13. The van der Waals surface area contributed by atoms with E-state index in [0.717, 1.165) is 18.7 Å². The minimum absolute atomic E-state index is 0.0199. The van der Waals surface area contributed by atoms with Crippen molar-refractivity contribution in [2.75, 3.05) is 32.5 Å². The Bertz CT molecular complexity index is 1240. The first kappa shape index (κ1) is 32.5. The average Bonchev–Trinajstić information content (AvgIpc) is 2.94. The summed E-state index contributed by atoms with van der Waals surface area (Å²) in [6.45, 7) is 5.79. The van der Waals surface area contributed by atoms with Crippen LogP contribution in [0.15, 0.2) is 36.4 Å². The molecule has 3 atom stereocenters. The van der Waals surface area contributed by atoms with Gasteiger partial charge in [0.15, 0.2) is 5.72 Å². The van der Waals surface area contributed by atoms with E-state index >= 15 is 4.39 Å². The monoisotopic (exact) mass is 566 g/mol. The maximum absolute atomic E-state index is 15.4. The molecule has 12 heteroatoms. The molecule has 0 radical (unpaired) electrons. The van der Waals surface area contributed by atoms with E-state index in [-0.39, 0.29) is 49.3 Å². The highest BCUT2D eigenvalue weighted by Gasteiger charge is 2.39. The van der Waals surface area contributed by atoms with Crippen LogP contribution < -0.4 is 10.6 Å². The molecule has 0 bridgehead atoms. The second-order valence-electron chi connectivity index (χ2n) is 11.3. The zero-order chi connectivity index (χ0) is 30.4. The SMILES string of the molecule is BC(B)(c1ccc(CNc2cccc(C=O)c2CN(C)C(O)(CCC=O)C(=O)NC)c(F)c1)N1CC(C)OC(C)C1. The fourth-order valence-corrected chi connectivity index (χ4v) is 5.44. The van der Waals surface area contributed by atoms with Crippen molar-refractivity contribution in [2.24, 2.45) is 0 Å². The summed E-state index contributed by atoms with van der Waals surface area (Å²) in [5.41, 5.74) is 0.825. The summed E-state index contributed by atoms with van der Waals surface area (Å²) in [6.07, 6.45) is 1.39. The van der Waals surface area contributed by atoms with Gasteiger partial charge in [-0.15, -0.1) is 0 Å². The third-order valence-electron chi connectivity index (χ3n) is 8.01. The molecular formula is C29H41B2FN4O5. The summed E-state index contributed by atoms with van der Waals surface area (Å²) in [6, 6.07) is 10.4. The third-order valence-corrected chi connectivity index (χ3v) is 8.01. The maximum Gasteiger partial charge on any atom is 0.267 e. The zero-order valence-electron chi connectivity index (χ0n) is 24.9. The number of hydrogen-bond acceptors (Lipinski definition) is 8. The first-order valence-corrected chi connectivity index (χ1v) is 14.0. The van der Waals surface area contributed by atoms with Crippen LogP contribution in [0.1, 0.15) is 53.7 Å². The molecule has 0 aliphatic carbocycles. The molecule has 1 aliphatic heterocycles. The highest BCUT2D eigenvalue weighted by molar-refractivity contribution is 6.39. The van der Waals surface area contributed by atoms with Gasteiger partial charge in [-0.3, -0.25) is 14.5 Å². The van der Waals surface area contributed by atoms with Gasteiger partial charge in [-0.05, 0) is 49.5 Å². The van der Waals surface area contributed by atoms with Crippen LogP contribution in [0.5, 0.6) is 0 Å². The number of carbonyl (C=O) groups excluding carboxylic acids is 3. The van der Waals surface area contributed by atoms with Gasteiger partial charge in [0.2, 0.25) is 0 Å². The van der Waals surface area contributed by atoms with Crippen molar-refractivity contribution in [3.8, 4) is 0 Å². The fraction of sp³-hybridized carbons (Fsp3) is 0.483. The number of amides is 1. The predicted molar refractivity (Wildman–Crippen MR) is 162 cm³/mol. The van der Waals surface area contributed by atoms with Crippen molar-refractivity contribution in [1.29, 1.82) is 0 Å². The zero-order valence-corrected chi connectivity index (χ0v) is 24.9. The molecule has 1 amide bonds. The van der Waals surface area contributed by atoms with Crippen molar-refractivity contribution in [1.82, 2.24) is 15.1 Å². The van der Waals surface area contributed by atoms with E-state index in [9.17, 15) is 19.5 Å². The molecule has 1 fully saturated rings. The summed E-state index contributed by atoms with van der Waals surface area (Å²) in [5.74, 6) is -1.00. The quantitative estimate of drug-likeness (QED) is 0.184. The van der Waals surface area contributed by atoms with Crippen molar-refractivity contribution >= 4 is 39.9 Å². The van der Waals surface area contributed by atoms with Gasteiger partial charge in [-0.25, -0.2) is 4.39 Å². The van der Waals surface area contributed by atoms with Crippen LogP contribution in [0.25, 0.3) is 0 Å². The highest BCUT2D eigenvalue weighted by Crippen LogP contribution is 2.29. The number of nitrogens with one attached hydrogen (secondary N) is 2. The number of likely N-dealkylation sites (N-methyl/N-ethyl adjacent to an activating group) is 2. The Balaban J connectivity index is 1.82. The summed E-state index contributed by atoms with van der Waals surface area (Å²) in [4.78, 5) is 39.1. The number of anilines is 1. The molecule has 1 heterocycles. The van der Waals surface area contributed by atoms with Gasteiger partial charge in [0.05, 0.1) is 12.2 Å².